The fourth-order valence-electron chi connectivity index (χ4n) is 3.16. The number of unbranched alkanes of at least 4 members (excludes halogenated alkanes) is 12. The van der Waals surface area contributed by atoms with Crippen LogP contribution in [0.4, 0.5) is 0 Å². The molecule has 0 spiro atoms. The third-order valence-electron chi connectivity index (χ3n) is 5.08. The smallest absolute Gasteiger partial charge is 0.466 e. The SMILES string of the molecule is CCCCCCCCCCCCCCCC(=O)OCCCOP(=O)(O)OCCN(C)C. The third kappa shape index (κ3) is 24.0. The lowest BCUT2D eigenvalue weighted by atomic mass is 10.0. The molecule has 0 fully saturated rings. The molecule has 0 aliphatic heterocycles. The predicted octanol–water partition coefficient (Wildman–Crippen LogP) is 6.10. The summed E-state index contributed by atoms with van der Waals surface area (Å²) in [6, 6.07) is 0. The van der Waals surface area contributed by atoms with E-state index in [0.29, 0.717) is 19.4 Å². The lowest BCUT2D eigenvalue weighted by molar-refractivity contribution is -0.144. The van der Waals surface area contributed by atoms with E-state index < -0.39 is 7.82 Å². The van der Waals surface area contributed by atoms with Crippen molar-refractivity contribution in [2.75, 3.05) is 40.5 Å². The van der Waals surface area contributed by atoms with Gasteiger partial charge in [0.25, 0.3) is 0 Å². The lowest BCUT2D eigenvalue weighted by Gasteiger charge is -2.14. The first-order valence-corrected chi connectivity index (χ1v) is 13.8. The lowest BCUT2D eigenvalue weighted by Crippen LogP contribution is -2.17. The first-order chi connectivity index (χ1) is 14.9. The number of phosphoric ester groups is 1. The largest absolute Gasteiger partial charge is 0.472 e. The average molecular weight is 466 g/mol. The molecule has 0 amide bonds. The minimum atomic E-state index is -4.02. The van der Waals surface area contributed by atoms with Crippen molar-refractivity contribution in [3.8, 4) is 0 Å². The fourth-order valence-corrected chi connectivity index (χ4v) is 3.91. The molecule has 1 atom stereocenters. The van der Waals surface area contributed by atoms with E-state index in [0.717, 1.165) is 12.8 Å². The Labute approximate surface area is 190 Å². The Balaban J connectivity index is 3.37. The van der Waals surface area contributed by atoms with Gasteiger partial charge < -0.3 is 14.5 Å². The second kappa shape index (κ2) is 21.4. The molecule has 0 aromatic heterocycles. The molecule has 0 aliphatic rings. The highest BCUT2D eigenvalue weighted by Crippen LogP contribution is 2.42. The molecule has 0 saturated heterocycles. The van der Waals surface area contributed by atoms with Gasteiger partial charge in [-0.15, -0.1) is 0 Å². The minimum absolute atomic E-state index is 0.0156. The normalized spacial score (nSPS) is 13.5. The molecule has 1 N–H and O–H groups in total. The molecule has 0 bridgehead atoms. The maximum atomic E-state index is 11.7. The van der Waals surface area contributed by atoms with Gasteiger partial charge in [-0.3, -0.25) is 13.8 Å². The predicted molar refractivity (Wildman–Crippen MR) is 126 cm³/mol. The van der Waals surface area contributed by atoms with Crippen LogP contribution in [0.1, 0.15) is 103 Å². The molecule has 1 unspecified atom stereocenters. The molecule has 0 aliphatic carbocycles. The number of esters is 1. The molecular weight excluding hydrogens is 417 g/mol. The van der Waals surface area contributed by atoms with Crippen molar-refractivity contribution in [2.24, 2.45) is 0 Å². The second-order valence-electron chi connectivity index (χ2n) is 8.50. The Kier molecular flexibility index (Phi) is 21.1. The van der Waals surface area contributed by atoms with Crippen LogP contribution in [-0.2, 0) is 23.1 Å². The Bertz CT molecular complexity index is 461. The van der Waals surface area contributed by atoms with E-state index in [4.69, 9.17) is 13.8 Å². The minimum Gasteiger partial charge on any atom is -0.466 e. The first kappa shape index (κ1) is 30.5. The second-order valence-corrected chi connectivity index (χ2v) is 9.96. The zero-order chi connectivity index (χ0) is 23.2. The summed E-state index contributed by atoms with van der Waals surface area (Å²) >= 11 is 0. The van der Waals surface area contributed by atoms with Crippen molar-refractivity contribution in [3.63, 3.8) is 0 Å². The summed E-state index contributed by atoms with van der Waals surface area (Å²) in [4.78, 5) is 23.1. The number of carbonyl (C=O) groups is 1. The molecule has 0 aromatic rings. The van der Waals surface area contributed by atoms with Crippen LogP contribution < -0.4 is 0 Å². The molecule has 0 rings (SSSR count). The molecule has 0 saturated carbocycles. The number of nitrogens with zero attached hydrogens (tertiary/aromatic N) is 1. The van der Waals surface area contributed by atoms with Gasteiger partial charge in [0.1, 0.15) is 0 Å². The first-order valence-electron chi connectivity index (χ1n) is 12.3. The zero-order valence-corrected chi connectivity index (χ0v) is 21.2. The standard InChI is InChI=1S/C23H48NO6P/c1-4-5-6-7-8-9-10-11-12-13-14-15-16-18-23(25)28-20-17-21-29-31(26,27)30-22-19-24(2)3/h4-22H2,1-3H3,(H,26,27). The number of hydrogen-bond donors (Lipinski definition) is 1. The van der Waals surface area contributed by atoms with Crippen LogP contribution in [0.2, 0.25) is 0 Å². The molecule has 0 radical (unpaired) electrons. The molecule has 186 valence electrons. The van der Waals surface area contributed by atoms with Gasteiger partial charge in [-0.2, -0.15) is 0 Å². The van der Waals surface area contributed by atoms with E-state index >= 15 is 0 Å². The maximum absolute atomic E-state index is 11.7. The number of ether oxygens (including phenoxy) is 1. The topological polar surface area (TPSA) is 85.3 Å². The molecule has 0 heterocycles. The number of likely N-dealkylation sites (N-methyl/N-ethyl adjacent to an activating group) is 1. The average Bonchev–Trinajstić information content (AvgIpc) is 2.70. The fraction of sp³-hybridized carbons (Fsp3) is 0.957. The van der Waals surface area contributed by atoms with E-state index in [2.05, 4.69) is 6.92 Å². The van der Waals surface area contributed by atoms with Crippen molar-refractivity contribution in [2.45, 2.75) is 103 Å². The summed E-state index contributed by atoms with van der Waals surface area (Å²) in [6.45, 7) is 3.11. The van der Waals surface area contributed by atoms with Gasteiger partial charge >= 0.3 is 13.8 Å². The van der Waals surface area contributed by atoms with Gasteiger partial charge in [-0.05, 0) is 20.5 Å². The van der Waals surface area contributed by atoms with E-state index in [9.17, 15) is 14.3 Å². The van der Waals surface area contributed by atoms with Crippen molar-refractivity contribution in [1.82, 2.24) is 4.90 Å². The molecule has 31 heavy (non-hydrogen) atoms. The van der Waals surface area contributed by atoms with E-state index in [-0.39, 0.29) is 25.8 Å². The van der Waals surface area contributed by atoms with Crippen molar-refractivity contribution < 1.29 is 28.0 Å². The van der Waals surface area contributed by atoms with Gasteiger partial charge in [0.05, 0.1) is 19.8 Å². The van der Waals surface area contributed by atoms with Crippen LogP contribution in [0.25, 0.3) is 0 Å². The molecule has 8 heteroatoms. The number of carbonyl (C=O) groups excluding carboxylic acids is 1. The monoisotopic (exact) mass is 465 g/mol. The Morgan fingerprint density at radius 3 is 1.74 bits per heavy atom. The summed E-state index contributed by atoms with van der Waals surface area (Å²) in [5.74, 6) is -0.211. The highest BCUT2D eigenvalue weighted by molar-refractivity contribution is 7.47. The summed E-state index contributed by atoms with van der Waals surface area (Å²) in [5.41, 5.74) is 0. The van der Waals surface area contributed by atoms with Crippen molar-refractivity contribution in [1.29, 1.82) is 0 Å². The highest BCUT2D eigenvalue weighted by atomic mass is 31.2. The Morgan fingerprint density at radius 2 is 1.23 bits per heavy atom. The highest BCUT2D eigenvalue weighted by Gasteiger charge is 2.20. The summed E-state index contributed by atoms with van der Waals surface area (Å²) in [6.07, 6.45) is 17.4. The third-order valence-corrected chi connectivity index (χ3v) is 6.10. The van der Waals surface area contributed by atoms with Crippen molar-refractivity contribution in [3.05, 3.63) is 0 Å². The number of hydrogen-bond acceptors (Lipinski definition) is 6. The van der Waals surface area contributed by atoms with Gasteiger partial charge in [-0.25, -0.2) is 4.57 Å². The summed E-state index contributed by atoms with van der Waals surface area (Å²) in [5, 5.41) is 0. The van der Waals surface area contributed by atoms with Gasteiger partial charge in [0, 0.05) is 19.4 Å². The molecule has 7 nitrogen and oxygen atoms in total. The van der Waals surface area contributed by atoms with Crippen LogP contribution in [0.3, 0.4) is 0 Å². The zero-order valence-electron chi connectivity index (χ0n) is 20.3. The Morgan fingerprint density at radius 1 is 0.742 bits per heavy atom. The van der Waals surface area contributed by atoms with Crippen LogP contribution in [0.5, 0.6) is 0 Å². The molecule has 0 aromatic carbocycles. The van der Waals surface area contributed by atoms with Crippen molar-refractivity contribution >= 4 is 13.8 Å². The van der Waals surface area contributed by atoms with Crippen LogP contribution in [-0.4, -0.2) is 56.2 Å². The van der Waals surface area contributed by atoms with Crippen LogP contribution in [0.15, 0.2) is 0 Å². The Hall–Kier alpha value is -0.460. The van der Waals surface area contributed by atoms with E-state index in [1.165, 1.54) is 70.6 Å². The van der Waals surface area contributed by atoms with Crippen LogP contribution in [0, 0.1) is 0 Å². The van der Waals surface area contributed by atoms with E-state index in [1.807, 2.05) is 19.0 Å². The number of rotatable bonds is 23. The van der Waals surface area contributed by atoms with Gasteiger partial charge in [-0.1, -0.05) is 84.0 Å². The van der Waals surface area contributed by atoms with Gasteiger partial charge in [0.2, 0.25) is 0 Å². The summed E-state index contributed by atoms with van der Waals surface area (Å²) in [7, 11) is -0.332. The van der Waals surface area contributed by atoms with E-state index in [1.54, 1.807) is 0 Å². The van der Waals surface area contributed by atoms with Crippen LogP contribution >= 0.6 is 7.82 Å². The quantitative estimate of drug-likeness (QED) is 0.111. The van der Waals surface area contributed by atoms with Gasteiger partial charge in [0.15, 0.2) is 0 Å². The maximum Gasteiger partial charge on any atom is 0.472 e. The summed E-state index contributed by atoms with van der Waals surface area (Å²) < 4.78 is 26.5. The molecular formula is C23H48NO6P. The number of phosphoric acid groups is 1.